The van der Waals surface area contributed by atoms with E-state index >= 15 is 0 Å². The first-order chi connectivity index (χ1) is 9.19. The lowest BCUT2D eigenvalue weighted by Gasteiger charge is -2.05. The molecule has 0 aliphatic rings. The van der Waals surface area contributed by atoms with Gasteiger partial charge in [-0.15, -0.1) is 0 Å². The molecule has 0 atom stereocenters. The predicted octanol–water partition coefficient (Wildman–Crippen LogP) is 2.83. The van der Waals surface area contributed by atoms with Gasteiger partial charge in [0.15, 0.2) is 0 Å². The van der Waals surface area contributed by atoms with Crippen LogP contribution >= 0.6 is 0 Å². The Kier molecular flexibility index (Phi) is 4.58. The molecule has 4 nitrogen and oxygen atoms in total. The summed E-state index contributed by atoms with van der Waals surface area (Å²) in [6.07, 6.45) is 1.88. The first-order valence-corrected chi connectivity index (χ1v) is 6.58. The second kappa shape index (κ2) is 6.38. The molecule has 0 saturated carbocycles. The van der Waals surface area contributed by atoms with Gasteiger partial charge in [0, 0.05) is 24.0 Å². The highest BCUT2D eigenvalue weighted by Crippen LogP contribution is 2.21. The van der Waals surface area contributed by atoms with Gasteiger partial charge in [0.25, 0.3) is 0 Å². The molecular weight excluding hydrogens is 238 g/mol. The van der Waals surface area contributed by atoms with Crippen LogP contribution in [0.3, 0.4) is 0 Å². The molecule has 0 bridgehead atoms. The fourth-order valence-electron chi connectivity index (χ4n) is 1.86. The smallest absolute Gasteiger partial charge is 0.137 e. The van der Waals surface area contributed by atoms with Crippen molar-refractivity contribution in [2.24, 2.45) is 5.92 Å². The monoisotopic (exact) mass is 259 g/mol. The molecule has 4 heteroatoms. The lowest BCUT2D eigenvalue weighted by atomic mass is 10.2. The van der Waals surface area contributed by atoms with Gasteiger partial charge in [0.2, 0.25) is 0 Å². The number of rotatable bonds is 6. The normalized spacial score (nSPS) is 10.9. The van der Waals surface area contributed by atoms with Crippen LogP contribution in [0, 0.1) is 5.92 Å². The summed E-state index contributed by atoms with van der Waals surface area (Å²) in [5.41, 5.74) is 2.13. The molecule has 1 aromatic heterocycles. The fourth-order valence-corrected chi connectivity index (χ4v) is 1.86. The van der Waals surface area contributed by atoms with Crippen molar-refractivity contribution in [2.75, 3.05) is 13.7 Å². The molecule has 0 amide bonds. The van der Waals surface area contributed by atoms with Crippen molar-refractivity contribution in [3.8, 4) is 17.1 Å². The number of hydrogen-bond acceptors (Lipinski definition) is 3. The van der Waals surface area contributed by atoms with Crippen molar-refractivity contribution >= 4 is 0 Å². The first-order valence-electron chi connectivity index (χ1n) is 6.58. The molecular formula is C15H21N3O. The van der Waals surface area contributed by atoms with E-state index in [2.05, 4.69) is 29.1 Å². The lowest BCUT2D eigenvalue weighted by molar-refractivity contribution is 0.415. The highest BCUT2D eigenvalue weighted by Gasteiger charge is 2.04. The maximum absolute atomic E-state index is 5.22. The zero-order chi connectivity index (χ0) is 13.7. The maximum Gasteiger partial charge on any atom is 0.137 e. The van der Waals surface area contributed by atoms with Crippen LogP contribution in [0.25, 0.3) is 11.4 Å². The molecule has 0 radical (unpaired) electrons. The van der Waals surface area contributed by atoms with Crippen molar-refractivity contribution in [3.63, 3.8) is 0 Å². The van der Waals surface area contributed by atoms with Crippen molar-refractivity contribution < 1.29 is 4.74 Å². The molecule has 1 aromatic carbocycles. The number of methoxy groups -OCH3 is 1. The first kappa shape index (κ1) is 13.6. The Balaban J connectivity index is 2.03. The summed E-state index contributed by atoms with van der Waals surface area (Å²) in [4.78, 5) is 7.73. The minimum Gasteiger partial charge on any atom is -0.497 e. The Morgan fingerprint density at radius 2 is 2.21 bits per heavy atom. The molecule has 0 aliphatic carbocycles. The minimum absolute atomic E-state index is 0.653. The van der Waals surface area contributed by atoms with Gasteiger partial charge >= 0.3 is 0 Å². The van der Waals surface area contributed by atoms with Crippen LogP contribution in [0.4, 0.5) is 0 Å². The molecule has 2 rings (SSSR count). The van der Waals surface area contributed by atoms with Crippen molar-refractivity contribution in [2.45, 2.75) is 20.4 Å². The zero-order valence-corrected chi connectivity index (χ0v) is 11.7. The lowest BCUT2D eigenvalue weighted by Crippen LogP contribution is -2.19. The average molecular weight is 259 g/mol. The Hall–Kier alpha value is -1.81. The second-order valence-electron chi connectivity index (χ2n) is 5.01. The zero-order valence-electron chi connectivity index (χ0n) is 11.7. The summed E-state index contributed by atoms with van der Waals surface area (Å²) in [6, 6.07) is 7.89. The summed E-state index contributed by atoms with van der Waals surface area (Å²) >= 11 is 0. The fraction of sp³-hybridized carbons (Fsp3) is 0.400. The van der Waals surface area contributed by atoms with E-state index in [-0.39, 0.29) is 0 Å². The number of benzene rings is 1. The van der Waals surface area contributed by atoms with Crippen molar-refractivity contribution in [3.05, 3.63) is 36.2 Å². The second-order valence-corrected chi connectivity index (χ2v) is 5.01. The van der Waals surface area contributed by atoms with Crippen molar-refractivity contribution in [1.29, 1.82) is 0 Å². The number of nitrogens with zero attached hydrogens (tertiary/aromatic N) is 1. The van der Waals surface area contributed by atoms with E-state index in [0.717, 1.165) is 35.9 Å². The Morgan fingerprint density at radius 1 is 1.37 bits per heavy atom. The standard InChI is InChI=1S/C15H21N3O/c1-11(2)8-16-9-13-10-17-15(18-13)12-5-4-6-14(7-12)19-3/h4-7,10-11,16H,8-9H2,1-3H3,(H,17,18). The van der Waals surface area contributed by atoms with Crippen LogP contribution in [0.15, 0.2) is 30.5 Å². The van der Waals surface area contributed by atoms with Gasteiger partial charge in [-0.2, -0.15) is 0 Å². The number of aromatic nitrogens is 2. The van der Waals surface area contributed by atoms with E-state index < -0.39 is 0 Å². The number of nitrogens with one attached hydrogen (secondary N) is 2. The van der Waals surface area contributed by atoms with Crippen LogP contribution < -0.4 is 10.1 Å². The van der Waals surface area contributed by atoms with E-state index in [4.69, 9.17) is 4.74 Å². The van der Waals surface area contributed by atoms with Gasteiger partial charge in [-0.25, -0.2) is 4.98 Å². The summed E-state index contributed by atoms with van der Waals surface area (Å²) in [6.45, 7) is 6.21. The molecule has 102 valence electrons. The average Bonchev–Trinajstić information content (AvgIpc) is 2.87. The number of ether oxygens (including phenoxy) is 1. The summed E-state index contributed by atoms with van der Waals surface area (Å²) in [5.74, 6) is 2.37. The molecule has 2 aromatic rings. The third-order valence-electron chi connectivity index (χ3n) is 2.84. The van der Waals surface area contributed by atoms with E-state index in [1.807, 2.05) is 30.5 Å². The molecule has 0 aliphatic heterocycles. The van der Waals surface area contributed by atoms with Gasteiger partial charge in [-0.05, 0) is 24.6 Å². The van der Waals surface area contributed by atoms with Gasteiger partial charge in [-0.3, -0.25) is 0 Å². The van der Waals surface area contributed by atoms with Crippen LogP contribution in [-0.4, -0.2) is 23.6 Å². The SMILES string of the molecule is COc1cccc(-c2ncc(CNCC(C)C)[nH]2)c1. The molecule has 1 heterocycles. The highest BCUT2D eigenvalue weighted by atomic mass is 16.5. The number of H-pyrrole nitrogens is 1. The van der Waals surface area contributed by atoms with Crippen molar-refractivity contribution in [1.82, 2.24) is 15.3 Å². The van der Waals surface area contributed by atoms with Crippen LogP contribution in [0.2, 0.25) is 0 Å². The predicted molar refractivity (Wildman–Crippen MR) is 77.1 cm³/mol. The van der Waals surface area contributed by atoms with Gasteiger partial charge in [-0.1, -0.05) is 26.0 Å². The number of hydrogen-bond donors (Lipinski definition) is 2. The molecule has 0 saturated heterocycles. The van der Waals surface area contributed by atoms with Gasteiger partial charge < -0.3 is 15.0 Å². The Morgan fingerprint density at radius 3 is 2.95 bits per heavy atom. The van der Waals surface area contributed by atoms with E-state index in [9.17, 15) is 0 Å². The summed E-state index contributed by atoms with van der Waals surface area (Å²) in [7, 11) is 1.67. The highest BCUT2D eigenvalue weighted by molar-refractivity contribution is 5.57. The number of imidazole rings is 1. The van der Waals surface area contributed by atoms with Gasteiger partial charge in [0.1, 0.15) is 11.6 Å². The van der Waals surface area contributed by atoms with Crippen LogP contribution in [0.1, 0.15) is 19.5 Å². The Bertz CT molecular complexity index is 520. The minimum atomic E-state index is 0.653. The molecule has 19 heavy (non-hydrogen) atoms. The number of aromatic amines is 1. The topological polar surface area (TPSA) is 49.9 Å². The third-order valence-corrected chi connectivity index (χ3v) is 2.84. The molecule has 0 unspecified atom stereocenters. The Labute approximate surface area is 114 Å². The summed E-state index contributed by atoms with van der Waals surface area (Å²) < 4.78 is 5.22. The van der Waals surface area contributed by atoms with Gasteiger partial charge in [0.05, 0.1) is 7.11 Å². The van der Waals surface area contributed by atoms with E-state index in [0.29, 0.717) is 5.92 Å². The third kappa shape index (κ3) is 3.83. The quantitative estimate of drug-likeness (QED) is 0.838. The molecule has 2 N–H and O–H groups in total. The molecule has 0 fully saturated rings. The van der Waals surface area contributed by atoms with Crippen LogP contribution in [0.5, 0.6) is 5.75 Å². The van der Waals surface area contributed by atoms with E-state index in [1.54, 1.807) is 7.11 Å². The van der Waals surface area contributed by atoms with Crippen LogP contribution in [-0.2, 0) is 6.54 Å². The summed E-state index contributed by atoms with van der Waals surface area (Å²) in [5, 5.41) is 3.39. The maximum atomic E-state index is 5.22. The largest absolute Gasteiger partial charge is 0.497 e. The molecule has 0 spiro atoms. The van der Waals surface area contributed by atoms with E-state index in [1.165, 1.54) is 0 Å².